The lowest BCUT2D eigenvalue weighted by Gasteiger charge is -2.12. The molecule has 1 rings (SSSR count). The van der Waals surface area contributed by atoms with Crippen LogP contribution in [0, 0.1) is 6.92 Å². The molecule has 1 atom stereocenters. The zero-order valence-corrected chi connectivity index (χ0v) is 9.43. The van der Waals surface area contributed by atoms with Gasteiger partial charge in [0.15, 0.2) is 0 Å². The van der Waals surface area contributed by atoms with E-state index in [0.717, 1.165) is 11.6 Å². The van der Waals surface area contributed by atoms with E-state index in [1.165, 1.54) is 11.1 Å². The number of nitrogens with one attached hydrogen (secondary N) is 1. The molecule has 0 amide bonds. The molecule has 1 aromatic carbocycles. The molecule has 0 aliphatic heterocycles. The number of hydrogen-bond donors (Lipinski definition) is 2. The number of hydrogen-bond acceptors (Lipinski definition) is 2. The molecule has 14 heavy (non-hydrogen) atoms. The predicted octanol–water partition coefficient (Wildman–Crippen LogP) is 2.09. The summed E-state index contributed by atoms with van der Waals surface area (Å²) in [4.78, 5) is 0. The van der Waals surface area contributed by atoms with Crippen LogP contribution >= 0.6 is 11.6 Å². The Morgan fingerprint density at radius 1 is 1.50 bits per heavy atom. The van der Waals surface area contributed by atoms with Crippen LogP contribution in [0.15, 0.2) is 18.2 Å². The van der Waals surface area contributed by atoms with Crippen molar-refractivity contribution in [2.75, 3.05) is 6.54 Å². The average molecular weight is 213 g/mol. The third-order valence-corrected chi connectivity index (χ3v) is 2.54. The third-order valence-electron chi connectivity index (χ3n) is 2.31. The first-order valence-electron chi connectivity index (χ1n) is 4.82. The SMILES string of the molecule is Cc1ccc(Cl)cc1CNC(C)CN. The van der Waals surface area contributed by atoms with Crippen LogP contribution in [0.4, 0.5) is 0 Å². The Balaban J connectivity index is 2.62. The lowest BCUT2D eigenvalue weighted by atomic mass is 10.1. The third kappa shape index (κ3) is 3.29. The molecular formula is C11H17ClN2. The Morgan fingerprint density at radius 2 is 2.21 bits per heavy atom. The number of aryl methyl sites for hydroxylation is 1. The van der Waals surface area contributed by atoms with Crippen molar-refractivity contribution in [1.82, 2.24) is 5.32 Å². The lowest BCUT2D eigenvalue weighted by Crippen LogP contribution is -2.32. The number of nitrogens with two attached hydrogens (primary N) is 1. The fourth-order valence-corrected chi connectivity index (χ4v) is 1.39. The van der Waals surface area contributed by atoms with E-state index in [1.54, 1.807) is 0 Å². The minimum absolute atomic E-state index is 0.341. The maximum absolute atomic E-state index is 5.91. The highest BCUT2D eigenvalue weighted by molar-refractivity contribution is 6.30. The van der Waals surface area contributed by atoms with Gasteiger partial charge in [0.25, 0.3) is 0 Å². The predicted molar refractivity (Wildman–Crippen MR) is 61.5 cm³/mol. The molecule has 0 aliphatic carbocycles. The van der Waals surface area contributed by atoms with E-state index in [1.807, 2.05) is 18.2 Å². The maximum atomic E-state index is 5.91. The Bertz CT molecular complexity index is 299. The maximum Gasteiger partial charge on any atom is 0.0409 e. The van der Waals surface area contributed by atoms with Crippen molar-refractivity contribution in [2.24, 2.45) is 5.73 Å². The van der Waals surface area contributed by atoms with Gasteiger partial charge in [0, 0.05) is 24.2 Å². The van der Waals surface area contributed by atoms with E-state index in [9.17, 15) is 0 Å². The summed E-state index contributed by atoms with van der Waals surface area (Å²) < 4.78 is 0. The Morgan fingerprint density at radius 3 is 2.86 bits per heavy atom. The molecule has 3 heteroatoms. The summed E-state index contributed by atoms with van der Waals surface area (Å²) in [6, 6.07) is 6.28. The summed E-state index contributed by atoms with van der Waals surface area (Å²) in [5.41, 5.74) is 8.01. The van der Waals surface area contributed by atoms with E-state index in [4.69, 9.17) is 17.3 Å². The molecule has 0 heterocycles. The van der Waals surface area contributed by atoms with Crippen molar-refractivity contribution < 1.29 is 0 Å². The van der Waals surface area contributed by atoms with Crippen molar-refractivity contribution >= 4 is 11.6 Å². The molecule has 0 aliphatic rings. The van der Waals surface area contributed by atoms with Crippen molar-refractivity contribution in [3.05, 3.63) is 34.3 Å². The van der Waals surface area contributed by atoms with E-state index in [-0.39, 0.29) is 0 Å². The van der Waals surface area contributed by atoms with Gasteiger partial charge in [-0.3, -0.25) is 0 Å². The Labute approximate surface area is 90.4 Å². The van der Waals surface area contributed by atoms with E-state index in [2.05, 4.69) is 19.2 Å². The number of benzene rings is 1. The summed E-state index contributed by atoms with van der Waals surface area (Å²) in [6.07, 6.45) is 0. The molecule has 0 saturated carbocycles. The first-order chi connectivity index (χ1) is 6.63. The van der Waals surface area contributed by atoms with Gasteiger partial charge in [0.2, 0.25) is 0 Å². The lowest BCUT2D eigenvalue weighted by molar-refractivity contribution is 0.555. The van der Waals surface area contributed by atoms with Crippen LogP contribution in [-0.2, 0) is 6.54 Å². The summed E-state index contributed by atoms with van der Waals surface area (Å²) in [5.74, 6) is 0. The summed E-state index contributed by atoms with van der Waals surface area (Å²) >= 11 is 5.91. The minimum atomic E-state index is 0.341. The zero-order valence-electron chi connectivity index (χ0n) is 8.68. The molecule has 0 bridgehead atoms. The highest BCUT2D eigenvalue weighted by atomic mass is 35.5. The van der Waals surface area contributed by atoms with E-state index >= 15 is 0 Å². The van der Waals surface area contributed by atoms with Crippen LogP contribution in [0.25, 0.3) is 0 Å². The second kappa shape index (κ2) is 5.35. The van der Waals surface area contributed by atoms with Crippen LogP contribution in [0.3, 0.4) is 0 Å². The van der Waals surface area contributed by atoms with E-state index in [0.29, 0.717) is 12.6 Å². The molecule has 3 N–H and O–H groups in total. The molecule has 78 valence electrons. The molecule has 1 unspecified atom stereocenters. The monoisotopic (exact) mass is 212 g/mol. The van der Waals surface area contributed by atoms with Gasteiger partial charge in [-0.1, -0.05) is 17.7 Å². The fraction of sp³-hybridized carbons (Fsp3) is 0.455. The second-order valence-electron chi connectivity index (χ2n) is 3.59. The zero-order chi connectivity index (χ0) is 10.6. The molecular weight excluding hydrogens is 196 g/mol. The molecule has 2 nitrogen and oxygen atoms in total. The van der Waals surface area contributed by atoms with Crippen molar-refractivity contribution in [2.45, 2.75) is 26.4 Å². The molecule has 0 aromatic heterocycles. The quantitative estimate of drug-likeness (QED) is 0.802. The number of rotatable bonds is 4. The molecule has 0 radical (unpaired) electrons. The first kappa shape index (κ1) is 11.5. The normalized spacial score (nSPS) is 12.9. The average Bonchev–Trinajstić information content (AvgIpc) is 2.19. The van der Waals surface area contributed by atoms with Gasteiger partial charge in [-0.15, -0.1) is 0 Å². The second-order valence-corrected chi connectivity index (χ2v) is 4.02. The molecule has 0 saturated heterocycles. The fourth-order valence-electron chi connectivity index (χ4n) is 1.20. The highest BCUT2D eigenvalue weighted by Crippen LogP contribution is 2.15. The number of halogens is 1. The summed E-state index contributed by atoms with van der Waals surface area (Å²) in [7, 11) is 0. The van der Waals surface area contributed by atoms with Gasteiger partial charge in [0.05, 0.1) is 0 Å². The van der Waals surface area contributed by atoms with Gasteiger partial charge in [0.1, 0.15) is 0 Å². The first-order valence-corrected chi connectivity index (χ1v) is 5.19. The van der Waals surface area contributed by atoms with Gasteiger partial charge >= 0.3 is 0 Å². The molecule has 1 aromatic rings. The van der Waals surface area contributed by atoms with Crippen molar-refractivity contribution in [3.8, 4) is 0 Å². The van der Waals surface area contributed by atoms with Crippen LogP contribution in [0.5, 0.6) is 0 Å². The van der Waals surface area contributed by atoms with Crippen LogP contribution in [0.1, 0.15) is 18.1 Å². The van der Waals surface area contributed by atoms with Crippen LogP contribution in [-0.4, -0.2) is 12.6 Å². The van der Waals surface area contributed by atoms with Crippen LogP contribution in [0.2, 0.25) is 5.02 Å². The molecule has 0 fully saturated rings. The van der Waals surface area contributed by atoms with Gasteiger partial charge in [-0.05, 0) is 37.1 Å². The van der Waals surface area contributed by atoms with Gasteiger partial charge < -0.3 is 11.1 Å². The van der Waals surface area contributed by atoms with Crippen molar-refractivity contribution in [3.63, 3.8) is 0 Å². The van der Waals surface area contributed by atoms with Gasteiger partial charge in [-0.2, -0.15) is 0 Å². The van der Waals surface area contributed by atoms with Crippen molar-refractivity contribution in [1.29, 1.82) is 0 Å². The Hall–Kier alpha value is -0.570. The Kier molecular flexibility index (Phi) is 4.39. The highest BCUT2D eigenvalue weighted by Gasteiger charge is 2.01. The standard InChI is InChI=1S/C11H17ClN2/c1-8-3-4-11(12)5-10(8)7-14-9(2)6-13/h3-5,9,14H,6-7,13H2,1-2H3. The largest absolute Gasteiger partial charge is 0.329 e. The van der Waals surface area contributed by atoms with E-state index < -0.39 is 0 Å². The van der Waals surface area contributed by atoms with Crippen LogP contribution < -0.4 is 11.1 Å². The minimum Gasteiger partial charge on any atom is -0.329 e. The molecule has 0 spiro atoms. The summed E-state index contributed by atoms with van der Waals surface area (Å²) in [6.45, 7) is 5.63. The summed E-state index contributed by atoms with van der Waals surface area (Å²) in [5, 5.41) is 4.12. The smallest absolute Gasteiger partial charge is 0.0409 e. The van der Waals surface area contributed by atoms with Gasteiger partial charge in [-0.25, -0.2) is 0 Å². The topological polar surface area (TPSA) is 38.0 Å².